The molecule has 1 aromatic heterocycles. The average Bonchev–Trinajstić information content (AvgIpc) is 2.99. The van der Waals surface area contributed by atoms with E-state index >= 15 is 0 Å². The number of hydrogen-bond donors (Lipinski definition) is 1. The Morgan fingerprint density at radius 1 is 1.24 bits per heavy atom. The predicted octanol–water partition coefficient (Wildman–Crippen LogP) is 4.32. The van der Waals surface area contributed by atoms with Gasteiger partial charge in [-0.3, -0.25) is 4.98 Å². The molecule has 0 aliphatic heterocycles. The van der Waals surface area contributed by atoms with Gasteiger partial charge in [-0.05, 0) is 67.3 Å². The van der Waals surface area contributed by atoms with Crippen LogP contribution in [0.3, 0.4) is 0 Å². The Morgan fingerprint density at radius 3 is 2.90 bits per heavy atom. The van der Waals surface area contributed by atoms with Crippen molar-refractivity contribution in [2.75, 3.05) is 6.54 Å². The van der Waals surface area contributed by atoms with E-state index in [1.165, 1.54) is 36.6 Å². The monoisotopic (exact) mass is 280 g/mol. The molecular formula is C19H24N2. The molecule has 2 aliphatic carbocycles. The summed E-state index contributed by atoms with van der Waals surface area (Å²) < 4.78 is 0. The van der Waals surface area contributed by atoms with Gasteiger partial charge in [0.2, 0.25) is 0 Å². The van der Waals surface area contributed by atoms with Crippen LogP contribution < -0.4 is 5.32 Å². The Labute approximate surface area is 127 Å². The molecule has 1 aromatic carbocycles. The summed E-state index contributed by atoms with van der Waals surface area (Å²) in [5.74, 6) is 2.85. The lowest BCUT2D eigenvalue weighted by molar-refractivity contribution is 0.418. The SMILES string of the molecule is CCCNC(c1ccc2ncccc2c1)C1C2CCCC21. The fourth-order valence-corrected chi connectivity index (χ4v) is 4.43. The lowest BCUT2D eigenvalue weighted by atomic mass is 9.95. The number of pyridine rings is 1. The minimum atomic E-state index is 0.546. The van der Waals surface area contributed by atoms with Crippen molar-refractivity contribution in [1.29, 1.82) is 0 Å². The van der Waals surface area contributed by atoms with Gasteiger partial charge < -0.3 is 5.32 Å². The normalized spacial score (nSPS) is 28.5. The van der Waals surface area contributed by atoms with Crippen molar-refractivity contribution in [3.05, 3.63) is 42.1 Å². The lowest BCUT2D eigenvalue weighted by Gasteiger charge is -2.21. The molecule has 0 saturated heterocycles. The van der Waals surface area contributed by atoms with E-state index in [9.17, 15) is 0 Å². The third kappa shape index (κ3) is 2.36. The van der Waals surface area contributed by atoms with E-state index in [4.69, 9.17) is 0 Å². The minimum Gasteiger partial charge on any atom is -0.310 e. The molecule has 110 valence electrons. The van der Waals surface area contributed by atoms with Crippen LogP contribution in [0.1, 0.15) is 44.2 Å². The molecule has 2 aliphatic rings. The van der Waals surface area contributed by atoms with Crippen LogP contribution in [-0.4, -0.2) is 11.5 Å². The molecule has 2 nitrogen and oxygen atoms in total. The molecule has 0 bridgehead atoms. The minimum absolute atomic E-state index is 0.546. The van der Waals surface area contributed by atoms with E-state index in [0.29, 0.717) is 6.04 Å². The van der Waals surface area contributed by atoms with E-state index in [0.717, 1.165) is 29.8 Å². The highest BCUT2D eigenvalue weighted by molar-refractivity contribution is 5.79. The summed E-state index contributed by atoms with van der Waals surface area (Å²) in [7, 11) is 0. The predicted molar refractivity (Wildman–Crippen MR) is 87.1 cm³/mol. The summed E-state index contributed by atoms with van der Waals surface area (Å²) in [5, 5.41) is 5.09. The van der Waals surface area contributed by atoms with Crippen LogP contribution in [0.2, 0.25) is 0 Å². The first-order valence-corrected chi connectivity index (χ1v) is 8.46. The molecule has 2 saturated carbocycles. The molecule has 0 radical (unpaired) electrons. The molecule has 0 amide bonds. The third-order valence-electron chi connectivity index (χ3n) is 5.46. The van der Waals surface area contributed by atoms with Crippen LogP contribution in [0.4, 0.5) is 0 Å². The quantitative estimate of drug-likeness (QED) is 0.882. The Bertz CT molecular complexity index is 626. The van der Waals surface area contributed by atoms with Gasteiger partial charge in [0.05, 0.1) is 5.52 Å². The molecular weight excluding hydrogens is 256 g/mol. The molecule has 2 aromatic rings. The lowest BCUT2D eigenvalue weighted by Crippen LogP contribution is -2.25. The van der Waals surface area contributed by atoms with E-state index < -0.39 is 0 Å². The number of hydrogen-bond acceptors (Lipinski definition) is 2. The average molecular weight is 280 g/mol. The van der Waals surface area contributed by atoms with Crippen LogP contribution in [-0.2, 0) is 0 Å². The second-order valence-electron chi connectivity index (χ2n) is 6.72. The van der Waals surface area contributed by atoms with Crippen molar-refractivity contribution in [3.63, 3.8) is 0 Å². The second-order valence-corrected chi connectivity index (χ2v) is 6.72. The highest BCUT2D eigenvalue weighted by atomic mass is 14.9. The summed E-state index contributed by atoms with van der Waals surface area (Å²) in [6.07, 6.45) is 7.44. The Kier molecular flexibility index (Phi) is 3.42. The number of nitrogens with zero attached hydrogens (tertiary/aromatic N) is 1. The maximum Gasteiger partial charge on any atom is 0.0702 e. The number of benzene rings is 1. The van der Waals surface area contributed by atoms with E-state index in [2.05, 4.69) is 41.5 Å². The van der Waals surface area contributed by atoms with Gasteiger partial charge in [-0.15, -0.1) is 0 Å². The van der Waals surface area contributed by atoms with Gasteiger partial charge in [0.25, 0.3) is 0 Å². The van der Waals surface area contributed by atoms with E-state index in [1.54, 1.807) is 0 Å². The molecule has 3 atom stereocenters. The van der Waals surface area contributed by atoms with Gasteiger partial charge in [0.15, 0.2) is 0 Å². The van der Waals surface area contributed by atoms with Crippen LogP contribution in [0.25, 0.3) is 10.9 Å². The summed E-state index contributed by atoms with van der Waals surface area (Å²) in [5.41, 5.74) is 2.56. The molecule has 1 heterocycles. The number of rotatable bonds is 5. The summed E-state index contributed by atoms with van der Waals surface area (Å²) in [6.45, 7) is 3.37. The zero-order valence-electron chi connectivity index (χ0n) is 12.8. The Balaban J connectivity index is 1.64. The number of fused-ring (bicyclic) bond motifs is 2. The van der Waals surface area contributed by atoms with Crippen molar-refractivity contribution in [2.24, 2.45) is 17.8 Å². The van der Waals surface area contributed by atoms with E-state index in [1.807, 2.05) is 12.3 Å². The highest BCUT2D eigenvalue weighted by Crippen LogP contribution is 2.62. The maximum absolute atomic E-state index is 4.44. The second kappa shape index (κ2) is 5.42. The van der Waals surface area contributed by atoms with Crippen LogP contribution in [0, 0.1) is 17.8 Å². The van der Waals surface area contributed by atoms with Crippen molar-refractivity contribution < 1.29 is 0 Å². The van der Waals surface area contributed by atoms with Gasteiger partial charge in [0.1, 0.15) is 0 Å². The molecule has 21 heavy (non-hydrogen) atoms. The smallest absolute Gasteiger partial charge is 0.0702 e. The van der Waals surface area contributed by atoms with Crippen molar-refractivity contribution in [3.8, 4) is 0 Å². The van der Waals surface area contributed by atoms with Crippen LogP contribution in [0.15, 0.2) is 36.5 Å². The Morgan fingerprint density at radius 2 is 2.10 bits per heavy atom. The summed E-state index contributed by atoms with van der Waals surface area (Å²) in [4.78, 5) is 4.44. The van der Waals surface area contributed by atoms with Crippen LogP contribution in [0.5, 0.6) is 0 Å². The molecule has 1 N–H and O–H groups in total. The van der Waals surface area contributed by atoms with Gasteiger partial charge >= 0.3 is 0 Å². The van der Waals surface area contributed by atoms with Gasteiger partial charge in [-0.2, -0.15) is 0 Å². The molecule has 3 unspecified atom stereocenters. The standard InChI is InChI=1S/C19H24N2/c1-2-10-21-19(18-15-6-3-7-16(15)18)14-8-9-17-13(12-14)5-4-11-20-17/h4-5,8-9,11-12,15-16,18-19,21H,2-3,6-7,10H2,1H3. The zero-order chi connectivity index (χ0) is 14.2. The zero-order valence-corrected chi connectivity index (χ0v) is 12.8. The number of nitrogens with one attached hydrogen (secondary N) is 1. The fraction of sp³-hybridized carbons (Fsp3) is 0.526. The summed E-state index contributed by atoms with van der Waals surface area (Å²) in [6, 6.07) is 11.6. The first-order chi connectivity index (χ1) is 10.4. The number of aromatic nitrogens is 1. The first kappa shape index (κ1) is 13.3. The van der Waals surface area contributed by atoms with E-state index in [-0.39, 0.29) is 0 Å². The fourth-order valence-electron chi connectivity index (χ4n) is 4.43. The molecule has 2 fully saturated rings. The molecule has 4 rings (SSSR count). The highest BCUT2D eigenvalue weighted by Gasteiger charge is 2.55. The van der Waals surface area contributed by atoms with Crippen molar-refractivity contribution in [1.82, 2.24) is 10.3 Å². The molecule has 0 spiro atoms. The Hall–Kier alpha value is -1.41. The van der Waals surface area contributed by atoms with Gasteiger partial charge in [0, 0.05) is 17.6 Å². The molecule has 2 heteroatoms. The first-order valence-electron chi connectivity index (χ1n) is 8.46. The van der Waals surface area contributed by atoms with Crippen molar-refractivity contribution in [2.45, 2.75) is 38.6 Å². The third-order valence-corrected chi connectivity index (χ3v) is 5.46. The van der Waals surface area contributed by atoms with Gasteiger partial charge in [-0.1, -0.05) is 25.5 Å². The van der Waals surface area contributed by atoms with Gasteiger partial charge in [-0.25, -0.2) is 0 Å². The van der Waals surface area contributed by atoms with Crippen LogP contribution >= 0.6 is 0 Å². The summed E-state index contributed by atoms with van der Waals surface area (Å²) >= 11 is 0. The maximum atomic E-state index is 4.44. The topological polar surface area (TPSA) is 24.9 Å². The van der Waals surface area contributed by atoms with Crippen molar-refractivity contribution >= 4 is 10.9 Å². The largest absolute Gasteiger partial charge is 0.310 e.